The molecule has 104 valence electrons. The van der Waals surface area contributed by atoms with E-state index in [1.807, 2.05) is 47.3 Å². The lowest BCUT2D eigenvalue weighted by atomic mass is 10.1. The quantitative estimate of drug-likeness (QED) is 0.778. The Morgan fingerprint density at radius 3 is 3.10 bits per heavy atom. The molecule has 0 aliphatic carbocycles. The van der Waals surface area contributed by atoms with E-state index in [-0.39, 0.29) is 6.04 Å². The van der Waals surface area contributed by atoms with Gasteiger partial charge >= 0.3 is 0 Å². The molecule has 0 aliphatic heterocycles. The van der Waals surface area contributed by atoms with Crippen molar-refractivity contribution in [3.05, 3.63) is 51.7 Å². The van der Waals surface area contributed by atoms with E-state index in [2.05, 4.69) is 20.9 Å². The van der Waals surface area contributed by atoms with Gasteiger partial charge in [0, 0.05) is 33.9 Å². The molecule has 0 fully saturated rings. The van der Waals surface area contributed by atoms with Crippen LogP contribution in [0.25, 0.3) is 4.96 Å². The number of fused-ring (bicyclic) bond motifs is 1. The molecule has 4 nitrogen and oxygen atoms in total. The van der Waals surface area contributed by atoms with Crippen LogP contribution in [0.5, 0.6) is 5.75 Å². The normalized spacial score (nSPS) is 12.8. The zero-order valence-electron chi connectivity index (χ0n) is 10.9. The highest BCUT2D eigenvalue weighted by atomic mass is 79.9. The predicted octanol–water partition coefficient (Wildman–Crippen LogP) is 3.76. The minimum Gasteiger partial charge on any atom is -0.487 e. The minimum atomic E-state index is -0.0759. The van der Waals surface area contributed by atoms with Crippen molar-refractivity contribution < 1.29 is 4.74 Å². The maximum atomic E-state index is 5.98. The topological polar surface area (TPSA) is 52.5 Å². The number of aromatic nitrogens is 2. The van der Waals surface area contributed by atoms with E-state index in [1.165, 1.54) is 0 Å². The molecule has 2 heterocycles. The van der Waals surface area contributed by atoms with Gasteiger partial charge in [-0.25, -0.2) is 4.98 Å². The number of hydrogen-bond donors (Lipinski definition) is 1. The van der Waals surface area contributed by atoms with Crippen molar-refractivity contribution in [1.82, 2.24) is 9.38 Å². The van der Waals surface area contributed by atoms with Gasteiger partial charge in [0.25, 0.3) is 0 Å². The van der Waals surface area contributed by atoms with Crippen LogP contribution in [0.15, 0.2) is 40.4 Å². The van der Waals surface area contributed by atoms with Gasteiger partial charge in [0.15, 0.2) is 4.96 Å². The average molecular weight is 352 g/mol. The molecule has 1 atom stereocenters. The number of nitrogens with two attached hydrogens (primary N) is 1. The van der Waals surface area contributed by atoms with Gasteiger partial charge < -0.3 is 10.5 Å². The standard InChI is InChI=1S/C14H14BrN3OS/c1-9(16)12-6-10(15)2-3-13(12)19-8-11-7-18-4-5-20-14(18)17-11/h2-7,9H,8,16H2,1H3. The number of benzene rings is 1. The van der Waals surface area contributed by atoms with Crippen LogP contribution in [-0.2, 0) is 6.61 Å². The maximum Gasteiger partial charge on any atom is 0.193 e. The van der Waals surface area contributed by atoms with Gasteiger partial charge in [0.1, 0.15) is 12.4 Å². The molecule has 2 aromatic heterocycles. The molecule has 3 aromatic rings. The van der Waals surface area contributed by atoms with Gasteiger partial charge in [0.05, 0.1) is 5.69 Å². The zero-order valence-corrected chi connectivity index (χ0v) is 13.3. The third-order valence-electron chi connectivity index (χ3n) is 2.98. The van der Waals surface area contributed by atoms with Crippen LogP contribution in [-0.4, -0.2) is 9.38 Å². The SMILES string of the molecule is CC(N)c1cc(Br)ccc1OCc1cn2ccsc2n1. The van der Waals surface area contributed by atoms with Crippen LogP contribution in [0.2, 0.25) is 0 Å². The van der Waals surface area contributed by atoms with Gasteiger partial charge in [-0.15, -0.1) is 11.3 Å². The first-order chi connectivity index (χ1) is 9.63. The molecule has 1 aromatic carbocycles. The Morgan fingerprint density at radius 1 is 1.50 bits per heavy atom. The Hall–Kier alpha value is -1.37. The predicted molar refractivity (Wildman–Crippen MR) is 84.1 cm³/mol. The van der Waals surface area contributed by atoms with E-state index in [9.17, 15) is 0 Å². The number of thiazole rings is 1. The van der Waals surface area contributed by atoms with Crippen molar-refractivity contribution in [3.8, 4) is 5.75 Å². The maximum absolute atomic E-state index is 5.98. The van der Waals surface area contributed by atoms with Crippen molar-refractivity contribution in [2.75, 3.05) is 0 Å². The number of nitrogens with zero attached hydrogens (tertiary/aromatic N) is 2. The van der Waals surface area contributed by atoms with E-state index in [0.29, 0.717) is 6.61 Å². The molecule has 0 amide bonds. The molecule has 6 heteroatoms. The third kappa shape index (κ3) is 2.72. The summed E-state index contributed by atoms with van der Waals surface area (Å²) >= 11 is 5.06. The van der Waals surface area contributed by atoms with Crippen molar-refractivity contribution in [1.29, 1.82) is 0 Å². The Labute approximate surface area is 129 Å². The van der Waals surface area contributed by atoms with Gasteiger partial charge in [-0.05, 0) is 25.1 Å². The smallest absolute Gasteiger partial charge is 0.193 e. The fourth-order valence-electron chi connectivity index (χ4n) is 2.00. The molecule has 0 bridgehead atoms. The van der Waals surface area contributed by atoms with Crippen molar-refractivity contribution in [2.45, 2.75) is 19.6 Å². The molecule has 0 saturated carbocycles. The fourth-order valence-corrected chi connectivity index (χ4v) is 3.10. The number of halogens is 1. The van der Waals surface area contributed by atoms with E-state index < -0.39 is 0 Å². The summed E-state index contributed by atoms with van der Waals surface area (Å²) in [5.41, 5.74) is 7.88. The lowest BCUT2D eigenvalue weighted by Gasteiger charge is -2.13. The van der Waals surface area contributed by atoms with Crippen LogP contribution in [0, 0.1) is 0 Å². The summed E-state index contributed by atoms with van der Waals surface area (Å²) in [4.78, 5) is 5.47. The Bertz CT molecular complexity index is 706. The second kappa shape index (κ2) is 5.55. The van der Waals surface area contributed by atoms with Gasteiger partial charge in [-0.3, -0.25) is 4.40 Å². The first-order valence-electron chi connectivity index (χ1n) is 6.22. The molecule has 1 unspecified atom stereocenters. The van der Waals surface area contributed by atoms with E-state index in [4.69, 9.17) is 10.5 Å². The minimum absolute atomic E-state index is 0.0759. The second-order valence-corrected chi connectivity index (χ2v) is 6.37. The summed E-state index contributed by atoms with van der Waals surface area (Å²) < 4.78 is 8.86. The van der Waals surface area contributed by atoms with Crippen LogP contribution in [0.3, 0.4) is 0 Å². The van der Waals surface area contributed by atoms with Crippen molar-refractivity contribution in [3.63, 3.8) is 0 Å². The van der Waals surface area contributed by atoms with E-state index >= 15 is 0 Å². The molecule has 2 N–H and O–H groups in total. The van der Waals surface area contributed by atoms with Gasteiger partial charge in [0.2, 0.25) is 0 Å². The summed E-state index contributed by atoms with van der Waals surface area (Å²) in [6, 6.07) is 5.80. The Kier molecular flexibility index (Phi) is 3.78. The highest BCUT2D eigenvalue weighted by molar-refractivity contribution is 9.10. The second-order valence-electron chi connectivity index (χ2n) is 4.58. The number of ether oxygens (including phenoxy) is 1. The van der Waals surface area contributed by atoms with Crippen LogP contribution in [0.1, 0.15) is 24.2 Å². The highest BCUT2D eigenvalue weighted by Gasteiger charge is 2.10. The van der Waals surface area contributed by atoms with Crippen molar-refractivity contribution in [2.24, 2.45) is 5.73 Å². The molecule has 3 rings (SSSR count). The summed E-state index contributed by atoms with van der Waals surface area (Å²) in [7, 11) is 0. The molecular formula is C14H14BrN3OS. The summed E-state index contributed by atoms with van der Waals surface area (Å²) in [5.74, 6) is 0.805. The Morgan fingerprint density at radius 2 is 2.35 bits per heavy atom. The van der Waals surface area contributed by atoms with Crippen molar-refractivity contribution >= 4 is 32.2 Å². The number of hydrogen-bond acceptors (Lipinski definition) is 4. The first kappa shape index (κ1) is 13.6. The molecule has 20 heavy (non-hydrogen) atoms. The summed E-state index contributed by atoms with van der Waals surface area (Å²) in [6.07, 6.45) is 3.97. The average Bonchev–Trinajstić information content (AvgIpc) is 2.97. The van der Waals surface area contributed by atoms with Crippen LogP contribution in [0.4, 0.5) is 0 Å². The Balaban J connectivity index is 1.79. The lowest BCUT2D eigenvalue weighted by molar-refractivity contribution is 0.297. The van der Waals surface area contributed by atoms with Gasteiger partial charge in [-0.1, -0.05) is 15.9 Å². The molecule has 0 spiro atoms. The number of rotatable bonds is 4. The first-order valence-corrected chi connectivity index (χ1v) is 7.89. The fraction of sp³-hybridized carbons (Fsp3) is 0.214. The lowest BCUT2D eigenvalue weighted by Crippen LogP contribution is -2.08. The summed E-state index contributed by atoms with van der Waals surface area (Å²) in [6.45, 7) is 2.39. The van der Waals surface area contributed by atoms with Gasteiger partial charge in [-0.2, -0.15) is 0 Å². The van der Waals surface area contributed by atoms with E-state index in [0.717, 1.165) is 26.4 Å². The highest BCUT2D eigenvalue weighted by Crippen LogP contribution is 2.28. The number of imidazole rings is 1. The van der Waals surface area contributed by atoms with Crippen LogP contribution >= 0.6 is 27.3 Å². The summed E-state index contributed by atoms with van der Waals surface area (Å²) in [5, 5.41) is 2.01. The molecule has 0 aliphatic rings. The molecular weight excluding hydrogens is 338 g/mol. The van der Waals surface area contributed by atoms with Crippen LogP contribution < -0.4 is 10.5 Å². The third-order valence-corrected chi connectivity index (χ3v) is 4.25. The largest absolute Gasteiger partial charge is 0.487 e. The molecule has 0 radical (unpaired) electrons. The van der Waals surface area contributed by atoms with E-state index in [1.54, 1.807) is 11.3 Å². The monoisotopic (exact) mass is 351 g/mol. The molecule has 0 saturated heterocycles. The zero-order chi connectivity index (χ0) is 14.1.